The average molecular weight is 529 g/mol. The second kappa shape index (κ2) is 20.8. The number of quaternary nitrogens is 1. The third-order valence-electron chi connectivity index (χ3n) is 6.16. The Balaban J connectivity index is 2.31. The van der Waals surface area contributed by atoms with Gasteiger partial charge < -0.3 is 19.7 Å². The number of ether oxygens (including phenoxy) is 1. The van der Waals surface area contributed by atoms with Crippen molar-refractivity contribution in [2.75, 3.05) is 33.4 Å². The molecule has 8 heteroatoms. The molecule has 0 saturated carbocycles. The summed E-state index contributed by atoms with van der Waals surface area (Å²) in [6.07, 6.45) is 14.5. The molecule has 0 radical (unpaired) electrons. The highest BCUT2D eigenvalue weighted by Gasteiger charge is 2.24. The zero-order chi connectivity index (χ0) is 26.5. The van der Waals surface area contributed by atoms with Gasteiger partial charge in [0.1, 0.15) is 11.5 Å². The van der Waals surface area contributed by atoms with Crippen LogP contribution in [0.1, 0.15) is 96.5 Å². The Morgan fingerprint density at radius 2 is 1.53 bits per heavy atom. The highest BCUT2D eigenvalue weighted by Crippen LogP contribution is 2.44. The Labute approximate surface area is 219 Å². The fraction of sp³-hybridized carbons (Fsp3) is 0.750. The van der Waals surface area contributed by atoms with Crippen molar-refractivity contribution < 1.29 is 33.4 Å². The second-order valence-electron chi connectivity index (χ2n) is 9.80. The van der Waals surface area contributed by atoms with E-state index in [4.69, 9.17) is 13.8 Å². The van der Waals surface area contributed by atoms with Gasteiger partial charge >= 0.3 is 7.82 Å². The van der Waals surface area contributed by atoms with Gasteiger partial charge in [0, 0.05) is 12.8 Å². The molecule has 2 atom stereocenters. The summed E-state index contributed by atoms with van der Waals surface area (Å²) in [4.78, 5) is 21.6. The van der Waals surface area contributed by atoms with Crippen molar-refractivity contribution in [3.8, 4) is 5.75 Å². The van der Waals surface area contributed by atoms with E-state index in [2.05, 4.69) is 6.92 Å². The summed E-state index contributed by atoms with van der Waals surface area (Å²) in [5.74, 6) is 0.660. The maximum atomic E-state index is 12.1. The van der Waals surface area contributed by atoms with Crippen molar-refractivity contribution in [2.45, 2.75) is 97.3 Å². The van der Waals surface area contributed by atoms with Crippen LogP contribution in [0.4, 0.5) is 0 Å². The van der Waals surface area contributed by atoms with Gasteiger partial charge in [-0.1, -0.05) is 76.8 Å². The number of unbranched alkanes of at least 4 members (excludes halogenated alkanes) is 9. The zero-order valence-electron chi connectivity index (χ0n) is 22.9. The quantitative estimate of drug-likeness (QED) is 0.129. The fourth-order valence-corrected chi connectivity index (χ4v) is 4.97. The molecule has 0 bridgehead atoms. The van der Waals surface area contributed by atoms with Crippen LogP contribution in [-0.2, 0) is 24.8 Å². The Morgan fingerprint density at radius 1 is 0.917 bits per heavy atom. The molecule has 2 unspecified atom stereocenters. The lowest BCUT2D eigenvalue weighted by molar-refractivity contribution is -0.627. The molecule has 7 nitrogen and oxygen atoms in total. The van der Waals surface area contributed by atoms with Gasteiger partial charge in [0.05, 0.1) is 33.4 Å². The molecule has 208 valence electrons. The SMILES string of the molecule is CCCCCCCCCCCCOc1ccc(CC(COP(=O)(O)OCCC[NH2+]C)CC(C)=O)cc1. The van der Waals surface area contributed by atoms with Crippen molar-refractivity contribution in [2.24, 2.45) is 5.92 Å². The number of ketones is 1. The smallest absolute Gasteiger partial charge is 0.472 e. The third-order valence-corrected chi connectivity index (χ3v) is 7.14. The number of hydrogen-bond donors (Lipinski definition) is 2. The summed E-state index contributed by atoms with van der Waals surface area (Å²) >= 11 is 0. The van der Waals surface area contributed by atoms with Crippen LogP contribution in [0.5, 0.6) is 5.75 Å². The molecule has 0 heterocycles. The first kappa shape index (κ1) is 32.8. The predicted molar refractivity (Wildman–Crippen MR) is 145 cm³/mol. The molecule has 36 heavy (non-hydrogen) atoms. The molecule has 0 amide bonds. The van der Waals surface area contributed by atoms with Crippen molar-refractivity contribution in [1.29, 1.82) is 0 Å². The minimum atomic E-state index is -4.12. The van der Waals surface area contributed by atoms with Gasteiger partial charge in [-0.05, 0) is 43.4 Å². The van der Waals surface area contributed by atoms with E-state index in [9.17, 15) is 14.3 Å². The normalized spacial score (nSPS) is 13.9. The van der Waals surface area contributed by atoms with Gasteiger partial charge in [0.25, 0.3) is 0 Å². The van der Waals surface area contributed by atoms with Crippen molar-refractivity contribution in [3.05, 3.63) is 29.8 Å². The molecule has 0 aromatic heterocycles. The van der Waals surface area contributed by atoms with Crippen LogP contribution in [0.25, 0.3) is 0 Å². The number of benzene rings is 1. The maximum absolute atomic E-state index is 12.1. The molecular weight excluding hydrogens is 477 g/mol. The molecule has 0 aliphatic heterocycles. The minimum absolute atomic E-state index is 0.00967. The first-order valence-electron chi connectivity index (χ1n) is 14.0. The van der Waals surface area contributed by atoms with Gasteiger partial charge in [0.2, 0.25) is 0 Å². The number of nitrogens with two attached hydrogens (primary N) is 1. The van der Waals surface area contributed by atoms with E-state index in [-0.39, 0.29) is 31.3 Å². The number of carbonyl (C=O) groups excluding carboxylic acids is 1. The standard InChI is InChI=1S/C28H50NO6P/c1-4-5-6-7-8-9-10-11-12-13-20-33-28-17-15-26(16-18-28)23-27(22-25(2)30)24-35-36(31,32)34-21-14-19-29-3/h15-18,27,29H,4-14,19-24H2,1-3H3,(H,31,32)/p+1. The van der Waals surface area contributed by atoms with Crippen LogP contribution in [0, 0.1) is 5.92 Å². The van der Waals surface area contributed by atoms with Gasteiger partial charge in [-0.25, -0.2) is 4.57 Å². The lowest BCUT2D eigenvalue weighted by atomic mass is 9.95. The summed E-state index contributed by atoms with van der Waals surface area (Å²) < 4.78 is 28.2. The van der Waals surface area contributed by atoms with Crippen LogP contribution >= 0.6 is 7.82 Å². The summed E-state index contributed by atoms with van der Waals surface area (Å²) in [6.45, 7) is 5.46. The Bertz CT molecular complexity index is 727. The van der Waals surface area contributed by atoms with Crippen molar-refractivity contribution in [3.63, 3.8) is 0 Å². The first-order chi connectivity index (χ1) is 17.4. The Hall–Kier alpha value is -1.24. The van der Waals surface area contributed by atoms with Crippen LogP contribution in [-0.4, -0.2) is 44.1 Å². The Kier molecular flexibility index (Phi) is 18.9. The largest absolute Gasteiger partial charge is 0.494 e. The molecule has 1 aromatic rings. The first-order valence-corrected chi connectivity index (χ1v) is 15.5. The second-order valence-corrected chi connectivity index (χ2v) is 11.3. The summed E-state index contributed by atoms with van der Waals surface area (Å²) in [7, 11) is -2.19. The molecule has 0 spiro atoms. The number of hydrogen-bond acceptors (Lipinski definition) is 5. The molecular formula is C28H51NO6P+. The highest BCUT2D eigenvalue weighted by molar-refractivity contribution is 7.47. The van der Waals surface area contributed by atoms with Gasteiger partial charge in [-0.3, -0.25) is 9.05 Å². The minimum Gasteiger partial charge on any atom is -0.494 e. The monoisotopic (exact) mass is 528 g/mol. The van der Waals surface area contributed by atoms with Crippen molar-refractivity contribution in [1.82, 2.24) is 0 Å². The van der Waals surface area contributed by atoms with Crippen molar-refractivity contribution >= 4 is 13.6 Å². The third kappa shape index (κ3) is 18.1. The van der Waals surface area contributed by atoms with E-state index < -0.39 is 7.82 Å². The molecule has 3 N–H and O–H groups in total. The number of phosphoric acid groups is 1. The van der Waals surface area contributed by atoms with Gasteiger partial charge in [-0.2, -0.15) is 0 Å². The van der Waals surface area contributed by atoms with Crippen LogP contribution < -0.4 is 10.1 Å². The topological polar surface area (TPSA) is 98.7 Å². The number of Topliss-reactive ketones (excluding diaryl/α,β-unsaturated/α-hetero) is 1. The molecule has 0 fully saturated rings. The summed E-state index contributed by atoms with van der Waals surface area (Å²) in [5, 5.41) is 1.98. The Morgan fingerprint density at radius 3 is 2.11 bits per heavy atom. The molecule has 0 aliphatic carbocycles. The molecule has 1 aromatic carbocycles. The maximum Gasteiger partial charge on any atom is 0.472 e. The van der Waals surface area contributed by atoms with E-state index in [0.29, 0.717) is 12.8 Å². The zero-order valence-corrected chi connectivity index (χ0v) is 23.8. The average Bonchev–Trinajstić information content (AvgIpc) is 2.84. The number of rotatable bonds is 24. The van der Waals surface area contributed by atoms with Crippen LogP contribution in [0.15, 0.2) is 24.3 Å². The van der Waals surface area contributed by atoms with E-state index in [0.717, 1.165) is 30.9 Å². The lowest BCUT2D eigenvalue weighted by Gasteiger charge is -2.18. The predicted octanol–water partition coefficient (Wildman–Crippen LogP) is 5.84. The van der Waals surface area contributed by atoms with E-state index in [1.54, 1.807) is 0 Å². The van der Waals surface area contributed by atoms with E-state index >= 15 is 0 Å². The summed E-state index contributed by atoms with van der Waals surface area (Å²) in [6, 6.07) is 7.86. The van der Waals surface area contributed by atoms with E-state index in [1.807, 2.05) is 36.6 Å². The molecule has 1 rings (SSSR count). The highest BCUT2D eigenvalue weighted by atomic mass is 31.2. The molecule has 0 saturated heterocycles. The van der Waals surface area contributed by atoms with Gasteiger partial charge in [-0.15, -0.1) is 0 Å². The lowest BCUT2D eigenvalue weighted by Crippen LogP contribution is -2.79. The van der Waals surface area contributed by atoms with Gasteiger partial charge in [0.15, 0.2) is 0 Å². The van der Waals surface area contributed by atoms with Crippen LogP contribution in [0.2, 0.25) is 0 Å². The van der Waals surface area contributed by atoms with E-state index in [1.165, 1.54) is 64.7 Å². The fourth-order valence-electron chi connectivity index (χ4n) is 4.14. The van der Waals surface area contributed by atoms with Crippen LogP contribution in [0.3, 0.4) is 0 Å². The summed E-state index contributed by atoms with van der Waals surface area (Å²) in [5.41, 5.74) is 1.03. The molecule has 0 aliphatic rings. The number of phosphoric ester groups is 1. The number of carbonyl (C=O) groups is 1.